The van der Waals surface area contributed by atoms with E-state index in [4.69, 9.17) is 4.84 Å². The van der Waals surface area contributed by atoms with Crippen molar-refractivity contribution in [2.24, 2.45) is 5.92 Å². The van der Waals surface area contributed by atoms with Crippen molar-refractivity contribution in [2.45, 2.75) is 19.8 Å². The van der Waals surface area contributed by atoms with Crippen molar-refractivity contribution in [1.29, 1.82) is 0 Å². The minimum atomic E-state index is -0.00911. The van der Waals surface area contributed by atoms with Gasteiger partial charge in [0.1, 0.15) is 0 Å². The Kier molecular flexibility index (Phi) is 4.99. The Morgan fingerprint density at radius 3 is 2.56 bits per heavy atom. The maximum Gasteiger partial charge on any atom is 0.248 e. The molecule has 1 rings (SSSR count). The molecule has 0 spiro atoms. The predicted molar refractivity (Wildman–Crippen MR) is 63.7 cm³/mol. The Labute approximate surface area is 97.0 Å². The lowest BCUT2D eigenvalue weighted by Gasteiger charge is -2.18. The highest BCUT2D eigenvalue weighted by molar-refractivity contribution is 5.77. The Morgan fingerprint density at radius 2 is 2.00 bits per heavy atom. The highest BCUT2D eigenvalue weighted by Crippen LogP contribution is 2.11. The molecule has 0 saturated heterocycles. The van der Waals surface area contributed by atoms with Crippen molar-refractivity contribution >= 4 is 5.91 Å². The van der Waals surface area contributed by atoms with Gasteiger partial charge in [-0.25, -0.2) is 5.06 Å². The van der Waals surface area contributed by atoms with E-state index in [2.05, 4.69) is 12.1 Å². The highest BCUT2D eigenvalue weighted by Gasteiger charge is 2.16. The fraction of sp³-hybridized carbons (Fsp3) is 0.462. The number of hydroxylamine groups is 2. The molecular weight excluding hydrogens is 202 g/mol. The van der Waals surface area contributed by atoms with Crippen LogP contribution < -0.4 is 0 Å². The molecule has 0 heterocycles. The van der Waals surface area contributed by atoms with E-state index in [1.807, 2.05) is 25.1 Å². The van der Waals surface area contributed by atoms with Gasteiger partial charge in [0, 0.05) is 13.0 Å². The quantitative estimate of drug-likeness (QED) is 0.714. The van der Waals surface area contributed by atoms with Crippen molar-refractivity contribution < 1.29 is 9.63 Å². The third kappa shape index (κ3) is 3.66. The van der Waals surface area contributed by atoms with E-state index in [1.165, 1.54) is 17.7 Å². The topological polar surface area (TPSA) is 29.5 Å². The molecule has 1 unspecified atom stereocenters. The fourth-order valence-corrected chi connectivity index (χ4v) is 1.55. The summed E-state index contributed by atoms with van der Waals surface area (Å²) in [5, 5.41) is 1.29. The first-order valence-electron chi connectivity index (χ1n) is 5.50. The molecule has 0 saturated carbocycles. The Balaban J connectivity index is 2.41. The van der Waals surface area contributed by atoms with Gasteiger partial charge in [-0.15, -0.1) is 0 Å². The average molecular weight is 221 g/mol. The minimum absolute atomic E-state index is 0.00911. The van der Waals surface area contributed by atoms with Gasteiger partial charge < -0.3 is 0 Å². The zero-order valence-corrected chi connectivity index (χ0v) is 10.1. The molecule has 1 aromatic carbocycles. The normalized spacial score (nSPS) is 12.2. The van der Waals surface area contributed by atoms with Crippen LogP contribution in [-0.4, -0.2) is 25.1 Å². The first-order valence-corrected chi connectivity index (χ1v) is 5.50. The van der Waals surface area contributed by atoms with E-state index < -0.39 is 0 Å². The highest BCUT2D eigenvalue weighted by atomic mass is 16.7. The molecule has 1 atom stereocenters. The van der Waals surface area contributed by atoms with Crippen molar-refractivity contribution in [3.63, 3.8) is 0 Å². The lowest BCUT2D eigenvalue weighted by molar-refractivity contribution is -0.173. The SMILES string of the molecule is CON(C)C(=O)C(C)CCc1ccccc1. The van der Waals surface area contributed by atoms with Crippen molar-refractivity contribution in [3.8, 4) is 0 Å². The van der Waals surface area contributed by atoms with Crippen LogP contribution in [0.5, 0.6) is 0 Å². The molecule has 1 amide bonds. The van der Waals surface area contributed by atoms with Crippen LogP contribution in [0, 0.1) is 5.92 Å². The van der Waals surface area contributed by atoms with Crippen LogP contribution in [-0.2, 0) is 16.1 Å². The number of carbonyl (C=O) groups excluding carboxylic acids is 1. The zero-order valence-electron chi connectivity index (χ0n) is 10.1. The summed E-state index contributed by atoms with van der Waals surface area (Å²) in [6, 6.07) is 10.2. The monoisotopic (exact) mass is 221 g/mol. The molecule has 0 aliphatic carbocycles. The summed E-state index contributed by atoms with van der Waals surface area (Å²) in [7, 11) is 3.14. The first-order chi connectivity index (χ1) is 7.65. The number of amides is 1. The second-order valence-corrected chi connectivity index (χ2v) is 3.94. The van der Waals surface area contributed by atoms with E-state index in [0.717, 1.165) is 12.8 Å². The molecule has 0 fully saturated rings. The third-order valence-corrected chi connectivity index (χ3v) is 2.71. The Bertz CT molecular complexity index is 324. The summed E-state index contributed by atoms with van der Waals surface area (Å²) in [6.45, 7) is 1.93. The maximum atomic E-state index is 11.7. The van der Waals surface area contributed by atoms with Crippen molar-refractivity contribution in [2.75, 3.05) is 14.2 Å². The molecule has 0 aliphatic heterocycles. The number of hydrogen-bond donors (Lipinski definition) is 0. The lowest BCUT2D eigenvalue weighted by Crippen LogP contribution is -2.30. The third-order valence-electron chi connectivity index (χ3n) is 2.71. The summed E-state index contributed by atoms with van der Waals surface area (Å²) in [6.07, 6.45) is 1.77. The van der Waals surface area contributed by atoms with Crippen LogP contribution >= 0.6 is 0 Å². The number of hydrogen-bond acceptors (Lipinski definition) is 2. The summed E-state index contributed by atoms with van der Waals surface area (Å²) < 4.78 is 0. The van der Waals surface area contributed by atoms with E-state index in [0.29, 0.717) is 0 Å². The molecule has 0 aromatic heterocycles. The minimum Gasteiger partial charge on any atom is -0.275 e. The number of aryl methyl sites for hydroxylation is 1. The van der Waals surface area contributed by atoms with Crippen molar-refractivity contribution in [3.05, 3.63) is 35.9 Å². The molecule has 88 valence electrons. The van der Waals surface area contributed by atoms with Crippen LogP contribution in [0.25, 0.3) is 0 Å². The molecule has 0 radical (unpaired) electrons. The summed E-state index contributed by atoms with van der Waals surface area (Å²) in [5.74, 6) is 0.0172. The van der Waals surface area contributed by atoms with E-state index in [9.17, 15) is 4.79 Å². The average Bonchev–Trinajstić information content (AvgIpc) is 2.35. The lowest BCUT2D eigenvalue weighted by atomic mass is 10.0. The first kappa shape index (κ1) is 12.7. The molecule has 0 bridgehead atoms. The van der Waals surface area contributed by atoms with Crippen LogP contribution in [0.2, 0.25) is 0 Å². The molecule has 3 nitrogen and oxygen atoms in total. The standard InChI is InChI=1S/C13H19NO2/c1-11(13(15)14(2)16-3)9-10-12-7-5-4-6-8-12/h4-8,11H,9-10H2,1-3H3. The summed E-state index contributed by atoms with van der Waals surface area (Å²) in [5.41, 5.74) is 1.27. The van der Waals surface area contributed by atoms with Gasteiger partial charge in [0.05, 0.1) is 7.11 Å². The van der Waals surface area contributed by atoms with Gasteiger partial charge in [-0.2, -0.15) is 0 Å². The largest absolute Gasteiger partial charge is 0.275 e. The predicted octanol–water partition coefficient (Wildman–Crippen LogP) is 2.28. The zero-order chi connectivity index (χ0) is 12.0. The smallest absolute Gasteiger partial charge is 0.248 e. The summed E-state index contributed by atoms with van der Waals surface area (Å²) >= 11 is 0. The number of carbonyl (C=O) groups is 1. The van der Waals surface area contributed by atoms with E-state index >= 15 is 0 Å². The van der Waals surface area contributed by atoms with Gasteiger partial charge in [-0.1, -0.05) is 37.3 Å². The molecule has 3 heteroatoms. The molecule has 1 aromatic rings. The van der Waals surface area contributed by atoms with Gasteiger partial charge in [-0.3, -0.25) is 9.63 Å². The number of benzene rings is 1. The maximum absolute atomic E-state index is 11.7. The van der Waals surface area contributed by atoms with Crippen molar-refractivity contribution in [1.82, 2.24) is 5.06 Å². The Hall–Kier alpha value is -1.35. The van der Waals surface area contributed by atoms with Crippen LogP contribution in [0.3, 0.4) is 0 Å². The summed E-state index contributed by atoms with van der Waals surface area (Å²) in [4.78, 5) is 16.6. The molecular formula is C13H19NO2. The van der Waals surface area contributed by atoms with Crippen LogP contribution in [0.1, 0.15) is 18.9 Å². The number of rotatable bonds is 5. The molecule has 0 N–H and O–H groups in total. The number of nitrogens with zero attached hydrogens (tertiary/aromatic N) is 1. The van der Waals surface area contributed by atoms with Gasteiger partial charge in [-0.05, 0) is 18.4 Å². The Morgan fingerprint density at radius 1 is 1.38 bits per heavy atom. The second kappa shape index (κ2) is 6.28. The van der Waals surface area contributed by atoms with E-state index in [-0.39, 0.29) is 11.8 Å². The molecule has 0 aliphatic rings. The van der Waals surface area contributed by atoms with Gasteiger partial charge in [0.2, 0.25) is 5.91 Å². The van der Waals surface area contributed by atoms with Gasteiger partial charge in [0.15, 0.2) is 0 Å². The van der Waals surface area contributed by atoms with Gasteiger partial charge >= 0.3 is 0 Å². The van der Waals surface area contributed by atoms with Crippen LogP contribution in [0.4, 0.5) is 0 Å². The van der Waals surface area contributed by atoms with Gasteiger partial charge in [0.25, 0.3) is 0 Å². The fourth-order valence-electron chi connectivity index (χ4n) is 1.55. The van der Waals surface area contributed by atoms with E-state index in [1.54, 1.807) is 7.05 Å². The van der Waals surface area contributed by atoms with Crippen LogP contribution in [0.15, 0.2) is 30.3 Å². The second-order valence-electron chi connectivity index (χ2n) is 3.94. The molecule has 16 heavy (non-hydrogen) atoms.